The van der Waals surface area contributed by atoms with Gasteiger partial charge in [-0.1, -0.05) is 53.1 Å². The summed E-state index contributed by atoms with van der Waals surface area (Å²) in [4.78, 5) is 67.4. The van der Waals surface area contributed by atoms with Gasteiger partial charge < -0.3 is 35.3 Å². The Morgan fingerprint density at radius 1 is 0.937 bits per heavy atom. The molecular weight excluding hydrogens is 818 g/mol. The number of halogens is 1. The zero-order valence-electron chi connectivity index (χ0n) is 39.2. The molecule has 0 bridgehead atoms. The molecule has 0 radical (unpaired) electrons. The van der Waals surface area contributed by atoms with Gasteiger partial charge in [0.25, 0.3) is 5.91 Å². The van der Waals surface area contributed by atoms with Crippen LogP contribution in [0.3, 0.4) is 0 Å². The van der Waals surface area contributed by atoms with Crippen molar-refractivity contribution in [3.63, 3.8) is 0 Å². The molecule has 348 valence electrons. The number of hydrogen-bond acceptors (Lipinski definition) is 9. The summed E-state index contributed by atoms with van der Waals surface area (Å²) in [6, 6.07) is 4.99. The first-order valence-electron chi connectivity index (χ1n) is 24.0. The number of aliphatic hydroxyl groups excluding tert-OH is 1. The quantitative estimate of drug-likeness (QED) is 0.135. The summed E-state index contributed by atoms with van der Waals surface area (Å²) in [6.07, 6.45) is 11.1. The summed E-state index contributed by atoms with van der Waals surface area (Å²) >= 11 is 6.37. The molecule has 1 heterocycles. The number of rotatable bonds is 10. The van der Waals surface area contributed by atoms with Crippen LogP contribution in [0.15, 0.2) is 29.3 Å². The lowest BCUT2D eigenvalue weighted by Crippen LogP contribution is -2.65. The minimum Gasteiger partial charge on any atom is -0.489 e. The van der Waals surface area contributed by atoms with Gasteiger partial charge in [0.15, 0.2) is 5.78 Å². The maximum Gasteiger partial charge on any atom is 0.309 e. The van der Waals surface area contributed by atoms with E-state index < -0.39 is 17.0 Å². The molecule has 6 aliphatic carbocycles. The van der Waals surface area contributed by atoms with Crippen LogP contribution in [-0.2, 0) is 23.9 Å². The smallest absolute Gasteiger partial charge is 0.309 e. The van der Waals surface area contributed by atoms with Crippen LogP contribution in [0.5, 0.6) is 5.75 Å². The zero-order chi connectivity index (χ0) is 45.8. The Labute approximate surface area is 380 Å². The third-order valence-electron chi connectivity index (χ3n) is 17.8. The lowest BCUT2D eigenvalue weighted by molar-refractivity contribution is -0.195. The van der Waals surface area contributed by atoms with Crippen molar-refractivity contribution in [2.24, 2.45) is 64.1 Å². The van der Waals surface area contributed by atoms with Crippen molar-refractivity contribution in [3.05, 3.63) is 39.9 Å². The number of aldehydes is 1. The first-order valence-corrected chi connectivity index (χ1v) is 24.4. The molecule has 12 unspecified atom stereocenters. The fourth-order valence-electron chi connectivity index (χ4n) is 14.4. The summed E-state index contributed by atoms with van der Waals surface area (Å²) in [5, 5.41) is 17.3. The van der Waals surface area contributed by atoms with E-state index in [-0.39, 0.29) is 82.6 Å². The van der Waals surface area contributed by atoms with Gasteiger partial charge in [-0.25, -0.2) is 0 Å². The van der Waals surface area contributed by atoms with E-state index in [1.165, 1.54) is 0 Å². The maximum atomic E-state index is 14.6. The molecule has 4 N–H and O–H groups in total. The highest BCUT2D eigenvalue weighted by atomic mass is 35.5. The second-order valence-electron chi connectivity index (χ2n) is 21.8. The molecule has 1 aromatic rings. The fourth-order valence-corrected chi connectivity index (χ4v) is 14.6. The summed E-state index contributed by atoms with van der Waals surface area (Å²) < 4.78 is 12.6. The van der Waals surface area contributed by atoms with Gasteiger partial charge in [0, 0.05) is 24.5 Å². The van der Waals surface area contributed by atoms with Crippen molar-refractivity contribution in [1.29, 1.82) is 0 Å². The van der Waals surface area contributed by atoms with E-state index in [2.05, 4.69) is 50.6 Å². The number of aliphatic hydroxyl groups is 1. The van der Waals surface area contributed by atoms with E-state index in [1.54, 1.807) is 32.0 Å². The summed E-state index contributed by atoms with van der Waals surface area (Å²) in [7, 11) is 1.00. The molecule has 6 fully saturated rings. The van der Waals surface area contributed by atoms with Gasteiger partial charge in [-0.15, -0.1) is 0 Å². The molecule has 1 saturated heterocycles. The molecule has 12 atom stereocenters. The first kappa shape index (κ1) is 47.7. The molecule has 12 heteroatoms. The number of carbonyl (C=O) groups is 5. The number of hydrogen-bond donors (Lipinski definition) is 4. The molecule has 0 aromatic heterocycles. The number of esters is 1. The van der Waals surface area contributed by atoms with Gasteiger partial charge in [0.05, 0.1) is 17.0 Å². The van der Waals surface area contributed by atoms with Crippen molar-refractivity contribution in [1.82, 2.24) is 16.0 Å². The Hall–Kier alpha value is -3.28. The van der Waals surface area contributed by atoms with Crippen LogP contribution in [0.2, 0.25) is 5.02 Å². The van der Waals surface area contributed by atoms with Crippen LogP contribution in [0.25, 0.3) is 0 Å². The number of benzene rings is 1. The van der Waals surface area contributed by atoms with E-state index in [0.717, 1.165) is 95.4 Å². The maximum absolute atomic E-state index is 14.6. The van der Waals surface area contributed by atoms with Crippen LogP contribution >= 0.6 is 11.6 Å². The highest BCUT2D eigenvalue weighted by Crippen LogP contribution is 2.70. The molecule has 1 aliphatic heterocycles. The molecule has 5 saturated carbocycles. The Bertz CT molecular complexity index is 1980. The highest BCUT2D eigenvalue weighted by Gasteiger charge is 2.65. The van der Waals surface area contributed by atoms with Crippen LogP contribution in [-0.4, -0.2) is 78.4 Å². The largest absolute Gasteiger partial charge is 0.489 e. The molecule has 2 amide bonds. The SMILES string of the molecule is CC(C)C1=C2C3CCC4C(C)(CCC5C(C)C(OC(=O)C6CC(C=O)C6C)CCC54C)C3CCC2(NC(=O)C(C)(C)NC(=O)c2ccc(Cl)cc2OC2CCNCC2)CC1=O.CO. The number of allylic oxidation sites excluding steroid dienone is 1. The average Bonchev–Trinajstić information content (AvgIpc) is 3.54. The lowest BCUT2D eigenvalue weighted by Gasteiger charge is -2.67. The normalized spacial score (nSPS) is 37.5. The molecule has 63 heavy (non-hydrogen) atoms. The van der Waals surface area contributed by atoms with E-state index in [0.29, 0.717) is 46.9 Å². The number of Topliss-reactive ketones (excluding diaryl/α,β-unsaturated/α-hetero) is 1. The molecule has 1 aromatic carbocycles. The minimum atomic E-state index is -1.29. The van der Waals surface area contributed by atoms with Crippen molar-refractivity contribution in [3.8, 4) is 5.75 Å². The third kappa shape index (κ3) is 8.43. The monoisotopic (exact) mass is 892 g/mol. The van der Waals surface area contributed by atoms with E-state index in [1.807, 2.05) is 6.92 Å². The van der Waals surface area contributed by atoms with Crippen molar-refractivity contribution < 1.29 is 38.6 Å². The Morgan fingerprint density at radius 3 is 2.27 bits per heavy atom. The highest BCUT2D eigenvalue weighted by molar-refractivity contribution is 6.30. The molecule has 7 aliphatic rings. The standard InChI is InChI=1S/C50H70ClN3O7.CH4O/c1-27(2)42-38(56)25-50(54-46(59)47(5,6)53-44(57)34-10-9-31(51)24-40(34)60-32-16-21-52-22-17-32)20-14-37-33(43(42)50)11-12-41-48(7)19-15-39(29(4)36(48)13-18-49(37,41)8)61-45(58)35-23-30(26-55)28(35)3;1-2/h9-10,24,26-30,32-33,35-37,39,41,52H,11-23,25H2,1-8H3,(H,53,57)(H,54,59);2H,1H3. The van der Waals surface area contributed by atoms with Crippen molar-refractivity contribution >= 4 is 41.5 Å². The van der Waals surface area contributed by atoms with Crippen molar-refractivity contribution in [2.75, 3.05) is 20.2 Å². The predicted octanol–water partition coefficient (Wildman–Crippen LogP) is 8.04. The third-order valence-corrected chi connectivity index (χ3v) is 18.1. The van der Waals surface area contributed by atoms with Crippen molar-refractivity contribution in [2.45, 2.75) is 156 Å². The van der Waals surface area contributed by atoms with Crippen LogP contribution in [0, 0.1) is 64.1 Å². The van der Waals surface area contributed by atoms with Gasteiger partial charge >= 0.3 is 5.97 Å². The number of ketones is 1. The molecule has 11 nitrogen and oxygen atoms in total. The lowest BCUT2D eigenvalue weighted by atomic mass is 9.38. The molecule has 0 spiro atoms. The number of fused-ring (bicyclic) bond motifs is 7. The predicted molar refractivity (Wildman–Crippen MR) is 243 cm³/mol. The molecular formula is C51H74ClN3O8. The number of ether oxygens (including phenoxy) is 2. The minimum absolute atomic E-state index is 0.0286. The van der Waals surface area contributed by atoms with Gasteiger partial charge in [-0.05, 0) is 179 Å². The summed E-state index contributed by atoms with van der Waals surface area (Å²) in [5.41, 5.74) is 0.488. The number of carbonyl (C=O) groups excluding carboxylic acids is 5. The topological polar surface area (TPSA) is 160 Å². The van der Waals surface area contributed by atoms with E-state index in [4.69, 9.17) is 26.2 Å². The summed E-state index contributed by atoms with van der Waals surface area (Å²) in [6.45, 7) is 18.7. The Morgan fingerprint density at radius 2 is 1.60 bits per heavy atom. The van der Waals surface area contributed by atoms with Gasteiger partial charge in [0.2, 0.25) is 5.91 Å². The molecule has 8 rings (SSSR count). The number of nitrogens with one attached hydrogen (secondary N) is 3. The van der Waals surface area contributed by atoms with E-state index in [9.17, 15) is 24.0 Å². The van der Waals surface area contributed by atoms with Gasteiger partial charge in [0.1, 0.15) is 29.8 Å². The van der Waals surface area contributed by atoms with Crippen LogP contribution in [0.4, 0.5) is 0 Å². The Kier molecular flexibility index (Phi) is 13.8. The zero-order valence-corrected chi connectivity index (χ0v) is 40.0. The first-order chi connectivity index (χ1) is 29.8. The average molecular weight is 893 g/mol. The second kappa shape index (κ2) is 18.2. The number of amides is 2. The second-order valence-corrected chi connectivity index (χ2v) is 22.3. The van der Waals surface area contributed by atoms with Gasteiger partial charge in [-0.3, -0.25) is 19.2 Å². The fraction of sp³-hybridized carbons (Fsp3) is 0.745. The van der Waals surface area contributed by atoms with Crippen LogP contribution in [0.1, 0.15) is 143 Å². The van der Waals surface area contributed by atoms with Crippen LogP contribution < -0.4 is 20.7 Å². The summed E-state index contributed by atoms with van der Waals surface area (Å²) in [5.74, 6) is 1.36. The van der Waals surface area contributed by atoms with Gasteiger partial charge in [-0.2, -0.15) is 0 Å². The van der Waals surface area contributed by atoms with E-state index >= 15 is 0 Å². The number of piperidine rings is 1. The Balaban J connectivity index is 0.00000293.